The molecule has 1 amide bonds. The summed E-state index contributed by atoms with van der Waals surface area (Å²) in [5.74, 6) is 0.414. The smallest absolute Gasteiger partial charge is 0.271 e. The van der Waals surface area contributed by atoms with Crippen molar-refractivity contribution >= 4 is 23.3 Å². The molecule has 3 aromatic rings. The van der Waals surface area contributed by atoms with Crippen molar-refractivity contribution in [2.24, 2.45) is 0 Å². The number of carbonyl (C=O) groups is 1. The number of hydrogen-bond donors (Lipinski definition) is 2. The molecule has 0 fully saturated rings. The van der Waals surface area contributed by atoms with Gasteiger partial charge in [0.2, 0.25) is 0 Å². The molecule has 1 unspecified atom stereocenters. The number of aromatic nitrogens is 1. The predicted molar refractivity (Wildman–Crippen MR) is 117 cm³/mol. The minimum absolute atomic E-state index is 0.0879. The summed E-state index contributed by atoms with van der Waals surface area (Å²) >= 11 is 6.29. The molecule has 0 saturated carbocycles. The standard InChI is InChI=1S/C24H24ClN3O/c25-21-13-14-22(26-16-17-7-2-1-3-8-17)28-23(21)24(29)27-20-12-6-11-18-9-4-5-10-19(18)15-20/h1-5,7-10,13-14,20H,6,11-12,15-16H2,(H,26,28)(H,27,29). The molecule has 29 heavy (non-hydrogen) atoms. The summed E-state index contributed by atoms with van der Waals surface area (Å²) in [5.41, 5.74) is 4.11. The number of carbonyl (C=O) groups excluding carboxylic acids is 1. The molecule has 0 radical (unpaired) electrons. The third-order valence-corrected chi connectivity index (χ3v) is 5.60. The number of pyridine rings is 1. The van der Waals surface area contributed by atoms with Gasteiger partial charge in [0.1, 0.15) is 11.5 Å². The van der Waals surface area contributed by atoms with Crippen molar-refractivity contribution in [1.29, 1.82) is 0 Å². The fourth-order valence-electron chi connectivity index (χ4n) is 3.77. The van der Waals surface area contributed by atoms with E-state index in [9.17, 15) is 4.79 Å². The Morgan fingerprint density at radius 2 is 1.76 bits per heavy atom. The van der Waals surface area contributed by atoms with Crippen LogP contribution in [-0.4, -0.2) is 16.9 Å². The van der Waals surface area contributed by atoms with E-state index in [1.165, 1.54) is 11.1 Å². The summed E-state index contributed by atoms with van der Waals surface area (Å²) in [7, 11) is 0. The van der Waals surface area contributed by atoms with Crippen LogP contribution in [0.1, 0.15) is 40.0 Å². The molecule has 0 spiro atoms. The number of anilines is 1. The number of rotatable bonds is 5. The summed E-state index contributed by atoms with van der Waals surface area (Å²) in [6.45, 7) is 0.635. The first-order chi connectivity index (χ1) is 14.2. The largest absolute Gasteiger partial charge is 0.366 e. The number of benzene rings is 2. The van der Waals surface area contributed by atoms with Crippen LogP contribution in [0.5, 0.6) is 0 Å². The molecule has 4 rings (SSSR count). The Labute approximate surface area is 176 Å². The Morgan fingerprint density at radius 3 is 2.59 bits per heavy atom. The number of nitrogens with one attached hydrogen (secondary N) is 2. The second-order valence-corrected chi connectivity index (χ2v) is 7.81. The molecular formula is C24H24ClN3O. The monoisotopic (exact) mass is 405 g/mol. The first-order valence-electron chi connectivity index (χ1n) is 10.0. The zero-order chi connectivity index (χ0) is 20.1. The molecule has 0 bridgehead atoms. The van der Waals surface area contributed by atoms with Gasteiger partial charge in [0.25, 0.3) is 5.91 Å². The number of amides is 1. The van der Waals surface area contributed by atoms with E-state index < -0.39 is 0 Å². The van der Waals surface area contributed by atoms with Crippen LogP contribution in [0, 0.1) is 0 Å². The van der Waals surface area contributed by atoms with Crippen LogP contribution in [0.2, 0.25) is 5.02 Å². The lowest BCUT2D eigenvalue weighted by Gasteiger charge is -2.17. The predicted octanol–water partition coefficient (Wildman–Crippen LogP) is 5.02. The highest BCUT2D eigenvalue weighted by Crippen LogP contribution is 2.22. The van der Waals surface area contributed by atoms with Crippen LogP contribution in [0.4, 0.5) is 5.82 Å². The van der Waals surface area contributed by atoms with Crippen molar-refractivity contribution in [3.63, 3.8) is 0 Å². The molecule has 5 heteroatoms. The lowest BCUT2D eigenvalue weighted by molar-refractivity contribution is 0.0930. The average Bonchev–Trinajstić information content (AvgIpc) is 2.95. The second kappa shape index (κ2) is 9.10. The molecule has 4 nitrogen and oxygen atoms in total. The Bertz CT molecular complexity index is 990. The molecule has 1 heterocycles. The van der Waals surface area contributed by atoms with Crippen molar-refractivity contribution in [2.45, 2.75) is 38.3 Å². The third-order valence-electron chi connectivity index (χ3n) is 5.30. The molecular weight excluding hydrogens is 382 g/mol. The molecule has 1 aliphatic rings. The topological polar surface area (TPSA) is 54.0 Å². The van der Waals surface area contributed by atoms with E-state index in [2.05, 4.69) is 39.9 Å². The van der Waals surface area contributed by atoms with Gasteiger partial charge in [0.05, 0.1) is 5.02 Å². The highest BCUT2D eigenvalue weighted by Gasteiger charge is 2.21. The zero-order valence-electron chi connectivity index (χ0n) is 16.2. The lowest BCUT2D eigenvalue weighted by atomic mass is 10.0. The molecule has 0 aliphatic heterocycles. The van der Waals surface area contributed by atoms with E-state index in [1.807, 2.05) is 30.3 Å². The molecule has 0 saturated heterocycles. The van der Waals surface area contributed by atoms with Gasteiger partial charge in [0.15, 0.2) is 0 Å². The van der Waals surface area contributed by atoms with Crippen LogP contribution in [-0.2, 0) is 19.4 Å². The van der Waals surface area contributed by atoms with Crippen LogP contribution in [0.25, 0.3) is 0 Å². The quantitative estimate of drug-likeness (QED) is 0.585. The number of fused-ring (bicyclic) bond motifs is 1. The Balaban J connectivity index is 1.44. The number of hydrogen-bond acceptors (Lipinski definition) is 3. The van der Waals surface area contributed by atoms with Gasteiger partial charge < -0.3 is 10.6 Å². The lowest BCUT2D eigenvalue weighted by Crippen LogP contribution is -2.36. The summed E-state index contributed by atoms with van der Waals surface area (Å²) in [4.78, 5) is 17.4. The Kier molecular flexibility index (Phi) is 6.11. The maximum Gasteiger partial charge on any atom is 0.271 e. The van der Waals surface area contributed by atoms with Crippen LogP contribution >= 0.6 is 11.6 Å². The second-order valence-electron chi connectivity index (χ2n) is 7.40. The first kappa shape index (κ1) is 19.5. The average molecular weight is 406 g/mol. The van der Waals surface area contributed by atoms with Crippen molar-refractivity contribution < 1.29 is 4.79 Å². The van der Waals surface area contributed by atoms with E-state index >= 15 is 0 Å². The summed E-state index contributed by atoms with van der Waals surface area (Å²) in [6.07, 6.45) is 3.90. The van der Waals surface area contributed by atoms with Crippen LogP contribution < -0.4 is 10.6 Å². The van der Waals surface area contributed by atoms with Gasteiger partial charge in [-0.2, -0.15) is 0 Å². The van der Waals surface area contributed by atoms with Crippen molar-refractivity contribution in [2.75, 3.05) is 5.32 Å². The normalized spacial score (nSPS) is 15.8. The van der Waals surface area contributed by atoms with E-state index in [0.717, 1.165) is 31.2 Å². The van der Waals surface area contributed by atoms with Gasteiger partial charge in [-0.15, -0.1) is 0 Å². The third kappa shape index (κ3) is 4.96. The maximum absolute atomic E-state index is 12.9. The molecule has 2 N–H and O–H groups in total. The van der Waals surface area contributed by atoms with E-state index in [0.29, 0.717) is 17.4 Å². The fourth-order valence-corrected chi connectivity index (χ4v) is 3.96. The van der Waals surface area contributed by atoms with Gasteiger partial charge in [0, 0.05) is 12.6 Å². The maximum atomic E-state index is 12.9. The summed E-state index contributed by atoms with van der Waals surface area (Å²) in [5, 5.41) is 6.77. The number of halogens is 1. The van der Waals surface area contributed by atoms with Gasteiger partial charge in [-0.3, -0.25) is 4.79 Å². The number of nitrogens with zero attached hydrogens (tertiary/aromatic N) is 1. The molecule has 1 aromatic heterocycles. The highest BCUT2D eigenvalue weighted by molar-refractivity contribution is 6.33. The molecule has 148 valence electrons. The van der Waals surface area contributed by atoms with E-state index in [4.69, 9.17) is 11.6 Å². The van der Waals surface area contributed by atoms with Crippen LogP contribution in [0.15, 0.2) is 66.7 Å². The first-order valence-corrected chi connectivity index (χ1v) is 10.4. The highest BCUT2D eigenvalue weighted by atomic mass is 35.5. The van der Waals surface area contributed by atoms with Gasteiger partial charge >= 0.3 is 0 Å². The van der Waals surface area contributed by atoms with Crippen molar-refractivity contribution in [1.82, 2.24) is 10.3 Å². The van der Waals surface area contributed by atoms with Crippen molar-refractivity contribution in [3.8, 4) is 0 Å². The molecule has 2 aromatic carbocycles. The summed E-state index contributed by atoms with van der Waals surface area (Å²) in [6, 6.07) is 22.1. The number of aryl methyl sites for hydroxylation is 1. The van der Waals surface area contributed by atoms with Gasteiger partial charge in [-0.25, -0.2) is 4.98 Å². The molecule has 1 aliphatic carbocycles. The minimum atomic E-state index is -0.220. The Hall–Kier alpha value is -2.85. The van der Waals surface area contributed by atoms with Gasteiger partial charge in [-0.1, -0.05) is 66.2 Å². The van der Waals surface area contributed by atoms with E-state index in [1.54, 1.807) is 12.1 Å². The SMILES string of the molecule is O=C(NC1CCCc2ccccc2C1)c1nc(NCc2ccccc2)ccc1Cl. The van der Waals surface area contributed by atoms with Crippen LogP contribution in [0.3, 0.4) is 0 Å². The Morgan fingerprint density at radius 1 is 1.00 bits per heavy atom. The van der Waals surface area contributed by atoms with Crippen molar-refractivity contribution in [3.05, 3.63) is 94.1 Å². The minimum Gasteiger partial charge on any atom is -0.366 e. The van der Waals surface area contributed by atoms with Gasteiger partial charge in [-0.05, 0) is 54.5 Å². The molecule has 1 atom stereocenters. The van der Waals surface area contributed by atoms with E-state index in [-0.39, 0.29) is 17.6 Å². The zero-order valence-corrected chi connectivity index (χ0v) is 17.0. The summed E-state index contributed by atoms with van der Waals surface area (Å²) < 4.78 is 0. The fraction of sp³-hybridized carbons (Fsp3) is 0.250.